The molecule has 0 saturated heterocycles. The van der Waals surface area contributed by atoms with Crippen LogP contribution in [0.1, 0.15) is 61.4 Å². The molecule has 0 radical (unpaired) electrons. The Balaban J connectivity index is 2.07. The molecule has 1 aromatic carbocycles. The van der Waals surface area contributed by atoms with Gasteiger partial charge in [-0.3, -0.25) is 0 Å². The number of hydrogen-bond acceptors (Lipinski definition) is 2. The highest BCUT2D eigenvalue weighted by atomic mass is 15.1. The zero-order valence-electron chi connectivity index (χ0n) is 13.4. The van der Waals surface area contributed by atoms with E-state index >= 15 is 0 Å². The van der Waals surface area contributed by atoms with E-state index in [2.05, 4.69) is 30.5 Å². The molecule has 1 fully saturated rings. The van der Waals surface area contributed by atoms with E-state index < -0.39 is 0 Å². The summed E-state index contributed by atoms with van der Waals surface area (Å²) in [6.07, 6.45) is 7.70. The Bertz CT molecular complexity index is 621. The molecule has 2 aromatic rings. The third-order valence-corrected chi connectivity index (χ3v) is 4.95. The van der Waals surface area contributed by atoms with Crippen molar-refractivity contribution in [3.8, 4) is 0 Å². The van der Waals surface area contributed by atoms with Crippen LogP contribution in [-0.4, -0.2) is 16.1 Å². The van der Waals surface area contributed by atoms with Crippen LogP contribution in [0.2, 0.25) is 0 Å². The zero-order valence-corrected chi connectivity index (χ0v) is 13.4. The van der Waals surface area contributed by atoms with Gasteiger partial charge < -0.3 is 10.3 Å². The largest absolute Gasteiger partial charge is 0.330 e. The van der Waals surface area contributed by atoms with Crippen molar-refractivity contribution in [1.82, 2.24) is 9.55 Å². The minimum atomic E-state index is 0.643. The number of fused-ring (bicyclic) bond motifs is 1. The summed E-state index contributed by atoms with van der Waals surface area (Å²) in [5.41, 5.74) is 10.9. The van der Waals surface area contributed by atoms with Gasteiger partial charge in [-0.25, -0.2) is 4.98 Å². The highest BCUT2D eigenvalue weighted by Gasteiger charge is 2.22. The van der Waals surface area contributed by atoms with E-state index in [4.69, 9.17) is 10.7 Å². The minimum Gasteiger partial charge on any atom is -0.330 e. The van der Waals surface area contributed by atoms with E-state index in [9.17, 15) is 0 Å². The Kier molecular flexibility index (Phi) is 4.29. The van der Waals surface area contributed by atoms with Gasteiger partial charge in [-0.05, 0) is 62.9 Å². The number of rotatable bonds is 4. The van der Waals surface area contributed by atoms with Gasteiger partial charge in [0.15, 0.2) is 0 Å². The van der Waals surface area contributed by atoms with Crippen molar-refractivity contribution in [1.29, 1.82) is 0 Å². The molecular weight excluding hydrogens is 258 g/mol. The first-order chi connectivity index (χ1) is 10.2. The molecule has 0 amide bonds. The normalized spacial score (nSPS) is 16.7. The molecule has 1 aromatic heterocycles. The summed E-state index contributed by atoms with van der Waals surface area (Å²) in [6, 6.07) is 4.55. The van der Waals surface area contributed by atoms with Crippen LogP contribution in [0, 0.1) is 13.8 Å². The lowest BCUT2D eigenvalue weighted by Gasteiger charge is -2.22. The van der Waals surface area contributed by atoms with Gasteiger partial charge in [0.05, 0.1) is 11.0 Å². The van der Waals surface area contributed by atoms with Crippen LogP contribution in [0.3, 0.4) is 0 Å². The van der Waals surface area contributed by atoms with Crippen molar-refractivity contribution in [3.05, 3.63) is 29.1 Å². The maximum atomic E-state index is 5.74. The van der Waals surface area contributed by atoms with E-state index in [1.807, 2.05) is 0 Å². The lowest BCUT2D eigenvalue weighted by atomic mass is 9.88. The Morgan fingerprint density at radius 1 is 1.14 bits per heavy atom. The molecule has 3 nitrogen and oxygen atoms in total. The molecule has 21 heavy (non-hydrogen) atoms. The molecule has 0 spiro atoms. The van der Waals surface area contributed by atoms with Gasteiger partial charge in [-0.1, -0.05) is 19.3 Å². The van der Waals surface area contributed by atoms with Crippen LogP contribution < -0.4 is 5.73 Å². The highest BCUT2D eigenvalue weighted by molar-refractivity contribution is 5.78. The summed E-state index contributed by atoms with van der Waals surface area (Å²) >= 11 is 0. The fraction of sp³-hybridized carbons (Fsp3) is 0.611. The van der Waals surface area contributed by atoms with Crippen LogP contribution in [0.4, 0.5) is 0 Å². The molecule has 0 bridgehead atoms. The van der Waals surface area contributed by atoms with E-state index in [0.717, 1.165) is 25.0 Å². The quantitative estimate of drug-likeness (QED) is 0.921. The van der Waals surface area contributed by atoms with Crippen LogP contribution in [0.15, 0.2) is 12.1 Å². The maximum absolute atomic E-state index is 5.74. The summed E-state index contributed by atoms with van der Waals surface area (Å²) in [5, 5.41) is 0. The van der Waals surface area contributed by atoms with Crippen molar-refractivity contribution in [3.63, 3.8) is 0 Å². The Labute approximate surface area is 127 Å². The fourth-order valence-electron chi connectivity index (χ4n) is 3.56. The molecule has 0 unspecified atom stereocenters. The highest BCUT2D eigenvalue weighted by Crippen LogP contribution is 2.34. The smallest absolute Gasteiger partial charge is 0.112 e. The lowest BCUT2D eigenvalue weighted by molar-refractivity contribution is 0.415. The molecular formula is C18H27N3. The van der Waals surface area contributed by atoms with E-state index in [0.29, 0.717) is 5.92 Å². The lowest BCUT2D eigenvalue weighted by Crippen LogP contribution is -2.14. The first-order valence-corrected chi connectivity index (χ1v) is 8.38. The molecule has 2 N–H and O–H groups in total. The second-order valence-corrected chi connectivity index (χ2v) is 6.52. The summed E-state index contributed by atoms with van der Waals surface area (Å²) in [5.74, 6) is 1.95. The number of nitrogens with two attached hydrogens (primary N) is 1. The number of imidazole rings is 1. The standard InChI is InChI=1S/C18H27N3/c1-13-11-16-17(12-14(13)2)21(10-6-9-19)18(20-16)15-7-4-3-5-8-15/h11-12,15H,3-10,19H2,1-2H3. The van der Waals surface area contributed by atoms with Gasteiger partial charge in [-0.2, -0.15) is 0 Å². The van der Waals surface area contributed by atoms with Crippen molar-refractivity contribution in [2.24, 2.45) is 5.73 Å². The molecule has 1 heterocycles. The average Bonchev–Trinajstić information content (AvgIpc) is 2.84. The van der Waals surface area contributed by atoms with Crippen LogP contribution in [0.25, 0.3) is 11.0 Å². The van der Waals surface area contributed by atoms with Crippen molar-refractivity contribution in [2.45, 2.75) is 64.8 Å². The third-order valence-electron chi connectivity index (χ3n) is 4.95. The zero-order chi connectivity index (χ0) is 14.8. The molecule has 3 rings (SSSR count). The summed E-state index contributed by atoms with van der Waals surface area (Å²) in [7, 11) is 0. The van der Waals surface area contributed by atoms with Crippen molar-refractivity contribution in [2.75, 3.05) is 6.54 Å². The van der Waals surface area contributed by atoms with Gasteiger partial charge in [0, 0.05) is 12.5 Å². The maximum Gasteiger partial charge on any atom is 0.112 e. The molecule has 1 aliphatic carbocycles. The molecule has 1 aliphatic rings. The Morgan fingerprint density at radius 3 is 2.57 bits per heavy atom. The Hall–Kier alpha value is -1.35. The van der Waals surface area contributed by atoms with Crippen LogP contribution in [-0.2, 0) is 6.54 Å². The van der Waals surface area contributed by atoms with E-state index in [1.165, 1.54) is 54.6 Å². The van der Waals surface area contributed by atoms with E-state index in [1.54, 1.807) is 0 Å². The van der Waals surface area contributed by atoms with Gasteiger partial charge >= 0.3 is 0 Å². The number of aryl methyl sites for hydroxylation is 3. The predicted molar refractivity (Wildman–Crippen MR) is 88.7 cm³/mol. The number of hydrogen-bond donors (Lipinski definition) is 1. The predicted octanol–water partition coefficient (Wildman–Crippen LogP) is 4.05. The molecule has 0 aliphatic heterocycles. The van der Waals surface area contributed by atoms with Gasteiger partial charge in [-0.15, -0.1) is 0 Å². The monoisotopic (exact) mass is 285 g/mol. The second kappa shape index (κ2) is 6.18. The van der Waals surface area contributed by atoms with Crippen LogP contribution in [0.5, 0.6) is 0 Å². The number of aromatic nitrogens is 2. The SMILES string of the molecule is Cc1cc2nc(C3CCCCC3)n(CCCN)c2cc1C. The van der Waals surface area contributed by atoms with E-state index in [-0.39, 0.29) is 0 Å². The first-order valence-electron chi connectivity index (χ1n) is 8.38. The van der Waals surface area contributed by atoms with Gasteiger partial charge in [0.2, 0.25) is 0 Å². The summed E-state index contributed by atoms with van der Waals surface area (Å²) in [4.78, 5) is 5.01. The molecule has 0 atom stereocenters. The van der Waals surface area contributed by atoms with Gasteiger partial charge in [0.1, 0.15) is 5.82 Å². The number of benzene rings is 1. The second-order valence-electron chi connectivity index (χ2n) is 6.52. The molecule has 1 saturated carbocycles. The first kappa shape index (κ1) is 14.6. The topological polar surface area (TPSA) is 43.8 Å². The minimum absolute atomic E-state index is 0.643. The summed E-state index contributed by atoms with van der Waals surface area (Å²) in [6.45, 7) is 6.11. The van der Waals surface area contributed by atoms with Gasteiger partial charge in [0.25, 0.3) is 0 Å². The fourth-order valence-corrected chi connectivity index (χ4v) is 3.56. The Morgan fingerprint density at radius 2 is 1.86 bits per heavy atom. The summed E-state index contributed by atoms with van der Waals surface area (Å²) < 4.78 is 2.45. The molecule has 3 heteroatoms. The average molecular weight is 285 g/mol. The molecule has 114 valence electrons. The van der Waals surface area contributed by atoms with Crippen molar-refractivity contribution < 1.29 is 0 Å². The van der Waals surface area contributed by atoms with Crippen LogP contribution >= 0.6 is 0 Å². The van der Waals surface area contributed by atoms with Crippen molar-refractivity contribution >= 4 is 11.0 Å². The third kappa shape index (κ3) is 2.84. The number of nitrogens with zero attached hydrogens (tertiary/aromatic N) is 2.